The minimum absolute atomic E-state index is 0.0884. The molecular formula is C17H24N2O3. The molecule has 1 aliphatic heterocycles. The molecule has 2 rings (SSSR count). The standard InChI is InChI=1S/C17H24N2O3/c1-13-11-19(12-14(2)22-13)16(20)9-6-10-18-17(21)15-7-4-3-5-8-15/h3-5,7-8,13-14H,6,9-12H2,1-2H3,(H,18,21). The highest BCUT2D eigenvalue weighted by Crippen LogP contribution is 2.12. The molecule has 5 nitrogen and oxygen atoms in total. The fourth-order valence-electron chi connectivity index (χ4n) is 2.67. The van der Waals surface area contributed by atoms with E-state index in [4.69, 9.17) is 4.74 Å². The smallest absolute Gasteiger partial charge is 0.251 e. The summed E-state index contributed by atoms with van der Waals surface area (Å²) in [5.41, 5.74) is 0.643. The van der Waals surface area contributed by atoms with Gasteiger partial charge in [0, 0.05) is 31.6 Å². The lowest BCUT2D eigenvalue weighted by Gasteiger charge is -2.35. The predicted molar refractivity (Wildman–Crippen MR) is 84.6 cm³/mol. The highest BCUT2D eigenvalue weighted by atomic mass is 16.5. The van der Waals surface area contributed by atoms with Crippen molar-refractivity contribution in [3.63, 3.8) is 0 Å². The summed E-state index contributed by atoms with van der Waals surface area (Å²) in [6.45, 7) is 5.78. The van der Waals surface area contributed by atoms with Crippen LogP contribution >= 0.6 is 0 Å². The molecule has 2 amide bonds. The zero-order chi connectivity index (χ0) is 15.9. The van der Waals surface area contributed by atoms with Gasteiger partial charge in [0.25, 0.3) is 5.91 Å². The summed E-state index contributed by atoms with van der Waals surface area (Å²) >= 11 is 0. The van der Waals surface area contributed by atoms with E-state index in [1.54, 1.807) is 12.1 Å². The summed E-state index contributed by atoms with van der Waals surface area (Å²) in [5.74, 6) is 0.0395. The van der Waals surface area contributed by atoms with E-state index in [0.717, 1.165) is 0 Å². The average molecular weight is 304 g/mol. The molecule has 2 unspecified atom stereocenters. The number of benzene rings is 1. The summed E-state index contributed by atoms with van der Waals surface area (Å²) in [6.07, 6.45) is 1.28. The largest absolute Gasteiger partial charge is 0.372 e. The van der Waals surface area contributed by atoms with Gasteiger partial charge in [-0.25, -0.2) is 0 Å². The fourth-order valence-corrected chi connectivity index (χ4v) is 2.67. The van der Waals surface area contributed by atoms with E-state index >= 15 is 0 Å². The van der Waals surface area contributed by atoms with Crippen LogP contribution in [0.4, 0.5) is 0 Å². The van der Waals surface area contributed by atoms with Crippen LogP contribution in [0.15, 0.2) is 30.3 Å². The van der Waals surface area contributed by atoms with E-state index < -0.39 is 0 Å². The second-order valence-electron chi connectivity index (χ2n) is 5.78. The van der Waals surface area contributed by atoms with Crippen LogP contribution in [-0.4, -0.2) is 48.6 Å². The van der Waals surface area contributed by atoms with Gasteiger partial charge in [-0.1, -0.05) is 18.2 Å². The Kier molecular flexibility index (Phi) is 5.95. The van der Waals surface area contributed by atoms with Crippen molar-refractivity contribution >= 4 is 11.8 Å². The van der Waals surface area contributed by atoms with Crippen LogP contribution in [-0.2, 0) is 9.53 Å². The molecular weight excluding hydrogens is 280 g/mol. The maximum Gasteiger partial charge on any atom is 0.251 e. The Hall–Kier alpha value is -1.88. The van der Waals surface area contributed by atoms with Gasteiger partial charge in [0.05, 0.1) is 12.2 Å². The van der Waals surface area contributed by atoms with Gasteiger partial charge in [-0.3, -0.25) is 9.59 Å². The minimum Gasteiger partial charge on any atom is -0.372 e. The Balaban J connectivity index is 1.68. The molecule has 0 aliphatic carbocycles. The first-order valence-electron chi connectivity index (χ1n) is 7.82. The summed E-state index contributed by atoms with van der Waals surface area (Å²) in [7, 11) is 0. The predicted octanol–water partition coefficient (Wildman–Crippen LogP) is 1.83. The maximum absolute atomic E-state index is 12.2. The Labute approximate surface area is 131 Å². The van der Waals surface area contributed by atoms with Crippen molar-refractivity contribution in [3.05, 3.63) is 35.9 Å². The first kappa shape index (κ1) is 16.5. The molecule has 0 spiro atoms. The van der Waals surface area contributed by atoms with Crippen LogP contribution in [0.5, 0.6) is 0 Å². The van der Waals surface area contributed by atoms with Crippen molar-refractivity contribution in [1.29, 1.82) is 0 Å². The molecule has 1 fully saturated rings. The first-order chi connectivity index (χ1) is 10.6. The maximum atomic E-state index is 12.2. The Morgan fingerprint density at radius 1 is 1.18 bits per heavy atom. The zero-order valence-electron chi connectivity index (χ0n) is 13.2. The number of carbonyl (C=O) groups is 2. The highest BCUT2D eigenvalue weighted by molar-refractivity contribution is 5.94. The van der Waals surface area contributed by atoms with Crippen molar-refractivity contribution in [2.45, 2.75) is 38.9 Å². The lowest BCUT2D eigenvalue weighted by Crippen LogP contribution is -2.48. The topological polar surface area (TPSA) is 58.6 Å². The van der Waals surface area contributed by atoms with Crippen molar-refractivity contribution in [2.75, 3.05) is 19.6 Å². The second kappa shape index (κ2) is 7.94. The van der Waals surface area contributed by atoms with Crippen molar-refractivity contribution in [1.82, 2.24) is 10.2 Å². The van der Waals surface area contributed by atoms with E-state index in [1.165, 1.54) is 0 Å². The van der Waals surface area contributed by atoms with Crippen molar-refractivity contribution < 1.29 is 14.3 Å². The van der Waals surface area contributed by atoms with Crippen LogP contribution in [0.1, 0.15) is 37.0 Å². The van der Waals surface area contributed by atoms with E-state index in [-0.39, 0.29) is 24.0 Å². The SMILES string of the molecule is CC1CN(C(=O)CCCNC(=O)c2ccccc2)CC(C)O1. The Morgan fingerprint density at radius 3 is 2.45 bits per heavy atom. The molecule has 0 saturated carbocycles. The van der Waals surface area contributed by atoms with Gasteiger partial charge in [0.1, 0.15) is 0 Å². The van der Waals surface area contributed by atoms with E-state index in [9.17, 15) is 9.59 Å². The minimum atomic E-state index is -0.0957. The van der Waals surface area contributed by atoms with Crippen LogP contribution in [0.25, 0.3) is 0 Å². The van der Waals surface area contributed by atoms with Crippen molar-refractivity contribution in [2.24, 2.45) is 0 Å². The molecule has 120 valence electrons. The molecule has 2 atom stereocenters. The van der Waals surface area contributed by atoms with Crippen LogP contribution in [0.2, 0.25) is 0 Å². The van der Waals surface area contributed by atoms with Crippen LogP contribution in [0, 0.1) is 0 Å². The Bertz CT molecular complexity index is 494. The normalized spacial score (nSPS) is 21.5. The number of amides is 2. The van der Waals surface area contributed by atoms with Crippen LogP contribution < -0.4 is 5.32 Å². The molecule has 5 heteroatoms. The third-order valence-electron chi connectivity index (χ3n) is 3.66. The van der Waals surface area contributed by atoms with Gasteiger partial charge in [0.15, 0.2) is 0 Å². The number of carbonyl (C=O) groups excluding carboxylic acids is 2. The fraction of sp³-hybridized carbons (Fsp3) is 0.529. The third kappa shape index (κ3) is 4.84. The van der Waals surface area contributed by atoms with E-state index in [0.29, 0.717) is 38.0 Å². The van der Waals surface area contributed by atoms with Gasteiger partial charge < -0.3 is 15.0 Å². The lowest BCUT2D eigenvalue weighted by molar-refractivity contribution is -0.143. The zero-order valence-corrected chi connectivity index (χ0v) is 13.2. The number of nitrogens with one attached hydrogen (secondary N) is 1. The first-order valence-corrected chi connectivity index (χ1v) is 7.82. The number of ether oxygens (including phenoxy) is 1. The number of rotatable bonds is 5. The summed E-state index contributed by atoms with van der Waals surface area (Å²) in [5, 5.41) is 2.84. The number of nitrogens with zero attached hydrogens (tertiary/aromatic N) is 1. The molecule has 1 aliphatic rings. The van der Waals surface area contributed by atoms with Gasteiger partial charge in [-0.2, -0.15) is 0 Å². The van der Waals surface area contributed by atoms with Crippen LogP contribution in [0.3, 0.4) is 0 Å². The van der Waals surface area contributed by atoms with Gasteiger partial charge >= 0.3 is 0 Å². The van der Waals surface area contributed by atoms with Crippen molar-refractivity contribution in [3.8, 4) is 0 Å². The molecule has 1 aromatic rings. The average Bonchev–Trinajstić information content (AvgIpc) is 2.51. The number of hydrogen-bond donors (Lipinski definition) is 1. The second-order valence-corrected chi connectivity index (χ2v) is 5.78. The summed E-state index contributed by atoms with van der Waals surface area (Å²) in [4.78, 5) is 25.9. The summed E-state index contributed by atoms with van der Waals surface area (Å²) in [6, 6.07) is 9.09. The van der Waals surface area contributed by atoms with E-state index in [2.05, 4.69) is 5.32 Å². The highest BCUT2D eigenvalue weighted by Gasteiger charge is 2.25. The number of morpholine rings is 1. The molecule has 1 heterocycles. The molecule has 22 heavy (non-hydrogen) atoms. The van der Waals surface area contributed by atoms with E-state index in [1.807, 2.05) is 36.9 Å². The summed E-state index contributed by atoms with van der Waals surface area (Å²) < 4.78 is 5.62. The molecule has 0 bridgehead atoms. The van der Waals surface area contributed by atoms with Gasteiger partial charge in [-0.15, -0.1) is 0 Å². The molecule has 1 saturated heterocycles. The molecule has 1 N–H and O–H groups in total. The molecule has 0 aromatic heterocycles. The monoisotopic (exact) mass is 304 g/mol. The quantitative estimate of drug-likeness (QED) is 0.844. The third-order valence-corrected chi connectivity index (χ3v) is 3.66. The Morgan fingerprint density at radius 2 is 1.82 bits per heavy atom. The number of hydrogen-bond acceptors (Lipinski definition) is 3. The van der Waals surface area contributed by atoms with Gasteiger partial charge in [0.2, 0.25) is 5.91 Å². The molecule has 0 radical (unpaired) electrons. The molecule has 1 aromatic carbocycles. The van der Waals surface area contributed by atoms with Gasteiger partial charge in [-0.05, 0) is 32.4 Å². The lowest BCUT2D eigenvalue weighted by atomic mass is 10.2.